The van der Waals surface area contributed by atoms with Crippen LogP contribution in [0.25, 0.3) is 0 Å². The Labute approximate surface area is 284 Å². The van der Waals surface area contributed by atoms with E-state index in [0.29, 0.717) is 5.02 Å². The first-order chi connectivity index (χ1) is 23.2. The highest BCUT2D eigenvalue weighted by Crippen LogP contribution is 2.21. The first-order valence-electron chi connectivity index (χ1n) is 15.1. The number of sulfonamides is 1. The van der Waals surface area contributed by atoms with Crippen LogP contribution in [0.5, 0.6) is 5.75 Å². The lowest BCUT2D eigenvalue weighted by Crippen LogP contribution is -2.51. The largest absolute Gasteiger partial charge is 0.484 e. The van der Waals surface area contributed by atoms with Gasteiger partial charge < -0.3 is 15.0 Å². The number of nitrogens with one attached hydrogen (secondary N) is 2. The molecule has 0 radical (unpaired) electrons. The van der Waals surface area contributed by atoms with Gasteiger partial charge >= 0.3 is 0 Å². The van der Waals surface area contributed by atoms with Gasteiger partial charge in [0.2, 0.25) is 5.91 Å². The summed E-state index contributed by atoms with van der Waals surface area (Å²) < 4.78 is 47.1. The van der Waals surface area contributed by atoms with Crippen molar-refractivity contribution in [3.05, 3.63) is 161 Å². The fraction of sp³-hybridized carbons (Fsp3) is 0.135. The number of carbonyl (C=O) groups excluding carboxylic acids is 2. The third-order valence-electron chi connectivity index (χ3n) is 7.44. The lowest BCUT2D eigenvalue weighted by Gasteiger charge is -2.31. The number of nitrogens with zero attached hydrogens (tertiary/aromatic N) is 1. The van der Waals surface area contributed by atoms with Crippen molar-refractivity contribution in [3.8, 4) is 5.75 Å². The predicted molar refractivity (Wildman–Crippen MR) is 183 cm³/mol. The molecule has 48 heavy (non-hydrogen) atoms. The van der Waals surface area contributed by atoms with Crippen molar-refractivity contribution in [1.82, 2.24) is 10.2 Å². The van der Waals surface area contributed by atoms with Crippen LogP contribution in [0.2, 0.25) is 5.02 Å². The van der Waals surface area contributed by atoms with Crippen LogP contribution in [-0.2, 0) is 39.1 Å². The zero-order valence-corrected chi connectivity index (χ0v) is 27.3. The molecule has 0 saturated carbocycles. The number of anilines is 1. The number of ether oxygens (including phenoxy) is 1. The molecular weight excluding hydrogens is 653 g/mol. The maximum Gasteiger partial charge on any atom is 0.261 e. The average molecular weight is 686 g/mol. The van der Waals surface area contributed by atoms with E-state index in [0.717, 1.165) is 28.8 Å². The number of rotatable bonds is 14. The molecule has 0 aromatic heterocycles. The van der Waals surface area contributed by atoms with E-state index in [-0.39, 0.29) is 41.7 Å². The lowest BCUT2D eigenvalue weighted by molar-refractivity contribution is -0.142. The zero-order valence-electron chi connectivity index (χ0n) is 25.8. The summed E-state index contributed by atoms with van der Waals surface area (Å²) in [5, 5.41) is 3.56. The molecule has 0 aliphatic heterocycles. The summed E-state index contributed by atoms with van der Waals surface area (Å²) in [5.74, 6) is -0.991. The Morgan fingerprint density at radius 3 is 1.98 bits per heavy atom. The topological polar surface area (TPSA) is 105 Å². The van der Waals surface area contributed by atoms with Crippen LogP contribution in [0.4, 0.5) is 10.1 Å². The highest BCUT2D eigenvalue weighted by molar-refractivity contribution is 7.92. The first kappa shape index (κ1) is 34.2. The predicted octanol–water partition coefficient (Wildman–Crippen LogP) is 6.62. The standard InChI is InChI=1S/C37H33ClFN3O5S/c38-30-13-11-28(12-14-30)24-40-37(44)35(23-27-7-3-1-4-8-27)42(25-29-9-5-2-6-10-29)36(43)26-47-33-19-21-34(22-20-33)48(45,46)41-32-17-15-31(39)16-18-32/h1-22,35,41H,23-26H2,(H,40,44). The van der Waals surface area contributed by atoms with Gasteiger partial charge in [-0.2, -0.15) is 0 Å². The maximum absolute atomic E-state index is 13.9. The number of carbonyl (C=O) groups is 2. The summed E-state index contributed by atoms with van der Waals surface area (Å²) >= 11 is 6.02. The Bertz CT molecular complexity index is 1910. The Balaban J connectivity index is 1.33. The van der Waals surface area contributed by atoms with Crippen molar-refractivity contribution in [2.45, 2.75) is 30.4 Å². The minimum atomic E-state index is -3.95. The SMILES string of the molecule is O=C(NCc1ccc(Cl)cc1)C(Cc1ccccc1)N(Cc1ccccc1)C(=O)COc1ccc(S(=O)(=O)Nc2ccc(F)cc2)cc1. The summed E-state index contributed by atoms with van der Waals surface area (Å²) in [6.45, 7) is 0.0000809. The quantitative estimate of drug-likeness (QED) is 0.137. The second kappa shape index (κ2) is 16.1. The number of hydrogen-bond donors (Lipinski definition) is 2. The van der Waals surface area contributed by atoms with E-state index in [2.05, 4.69) is 10.0 Å². The molecule has 11 heteroatoms. The second-order valence-electron chi connectivity index (χ2n) is 10.9. The monoisotopic (exact) mass is 685 g/mol. The van der Waals surface area contributed by atoms with Crippen molar-refractivity contribution >= 4 is 39.1 Å². The van der Waals surface area contributed by atoms with Crippen LogP contribution in [0.15, 0.2) is 138 Å². The van der Waals surface area contributed by atoms with Crippen molar-refractivity contribution < 1.29 is 27.1 Å². The highest BCUT2D eigenvalue weighted by atomic mass is 35.5. The van der Waals surface area contributed by atoms with Gasteiger partial charge in [0.15, 0.2) is 6.61 Å². The molecule has 5 aromatic rings. The van der Waals surface area contributed by atoms with Gasteiger partial charge in [-0.1, -0.05) is 84.4 Å². The van der Waals surface area contributed by atoms with Gasteiger partial charge in [0.1, 0.15) is 17.6 Å². The highest BCUT2D eigenvalue weighted by Gasteiger charge is 2.30. The molecular formula is C37H33ClFN3O5S. The van der Waals surface area contributed by atoms with Crippen molar-refractivity contribution in [2.75, 3.05) is 11.3 Å². The normalized spacial score (nSPS) is 11.7. The Hall–Kier alpha value is -5.19. The van der Waals surface area contributed by atoms with E-state index in [1.165, 1.54) is 41.3 Å². The molecule has 5 aromatic carbocycles. The van der Waals surface area contributed by atoms with Crippen LogP contribution in [0, 0.1) is 5.82 Å². The fourth-order valence-corrected chi connectivity index (χ4v) is 6.10. The van der Waals surface area contributed by atoms with Crippen molar-refractivity contribution in [1.29, 1.82) is 0 Å². The Morgan fingerprint density at radius 2 is 1.35 bits per heavy atom. The smallest absolute Gasteiger partial charge is 0.261 e. The molecule has 0 spiro atoms. The molecule has 0 heterocycles. The van der Waals surface area contributed by atoms with Gasteiger partial charge in [-0.25, -0.2) is 12.8 Å². The fourth-order valence-electron chi connectivity index (χ4n) is 4.92. The number of amides is 2. The van der Waals surface area contributed by atoms with Gasteiger partial charge in [-0.15, -0.1) is 0 Å². The molecule has 0 saturated heterocycles. The third kappa shape index (κ3) is 9.66. The Morgan fingerprint density at radius 1 is 0.750 bits per heavy atom. The molecule has 0 bridgehead atoms. The summed E-state index contributed by atoms with van der Waals surface area (Å²) in [7, 11) is -3.95. The van der Waals surface area contributed by atoms with Crippen molar-refractivity contribution in [3.63, 3.8) is 0 Å². The van der Waals surface area contributed by atoms with Gasteiger partial charge in [0, 0.05) is 30.2 Å². The van der Waals surface area contributed by atoms with Crippen molar-refractivity contribution in [2.24, 2.45) is 0 Å². The first-order valence-corrected chi connectivity index (χ1v) is 16.9. The van der Waals surface area contributed by atoms with Gasteiger partial charge in [-0.3, -0.25) is 14.3 Å². The molecule has 0 fully saturated rings. The van der Waals surface area contributed by atoms with Crippen LogP contribution in [-0.4, -0.2) is 37.8 Å². The van der Waals surface area contributed by atoms with E-state index in [9.17, 15) is 22.4 Å². The van der Waals surface area contributed by atoms with Gasteiger partial charge in [-0.05, 0) is 77.4 Å². The Kier molecular flexibility index (Phi) is 11.4. The molecule has 8 nitrogen and oxygen atoms in total. The van der Waals surface area contributed by atoms with E-state index in [4.69, 9.17) is 16.3 Å². The van der Waals surface area contributed by atoms with Gasteiger partial charge in [0.25, 0.3) is 15.9 Å². The second-order valence-corrected chi connectivity index (χ2v) is 13.0. The average Bonchev–Trinajstić information content (AvgIpc) is 3.10. The molecule has 1 unspecified atom stereocenters. The molecule has 0 aliphatic carbocycles. The van der Waals surface area contributed by atoms with Crippen LogP contribution in [0.3, 0.4) is 0 Å². The van der Waals surface area contributed by atoms with Crippen LogP contribution < -0.4 is 14.8 Å². The third-order valence-corrected chi connectivity index (χ3v) is 9.09. The van der Waals surface area contributed by atoms with E-state index < -0.39 is 34.4 Å². The number of benzene rings is 5. The summed E-state index contributed by atoms with van der Waals surface area (Å²) in [6.07, 6.45) is 0.263. The molecule has 5 rings (SSSR count). The van der Waals surface area contributed by atoms with Crippen LogP contribution >= 0.6 is 11.6 Å². The lowest BCUT2D eigenvalue weighted by atomic mass is 10.0. The molecule has 2 amide bonds. The van der Waals surface area contributed by atoms with Gasteiger partial charge in [0.05, 0.1) is 4.90 Å². The summed E-state index contributed by atoms with van der Waals surface area (Å²) in [5.41, 5.74) is 2.77. The molecule has 246 valence electrons. The van der Waals surface area contributed by atoms with E-state index in [1.807, 2.05) is 72.8 Å². The minimum Gasteiger partial charge on any atom is -0.484 e. The zero-order chi connectivity index (χ0) is 33.9. The van der Waals surface area contributed by atoms with E-state index in [1.54, 1.807) is 12.1 Å². The van der Waals surface area contributed by atoms with Crippen LogP contribution in [0.1, 0.15) is 16.7 Å². The molecule has 0 aliphatic rings. The number of halogens is 2. The maximum atomic E-state index is 13.9. The molecule has 1 atom stereocenters. The minimum absolute atomic E-state index is 0.0449. The summed E-state index contributed by atoms with van der Waals surface area (Å²) in [4.78, 5) is 29.2. The van der Waals surface area contributed by atoms with E-state index >= 15 is 0 Å². The summed E-state index contributed by atoms with van der Waals surface area (Å²) in [6, 6.07) is 35.6. The molecule has 2 N–H and O–H groups in total. The number of hydrogen-bond acceptors (Lipinski definition) is 5.